The Hall–Kier alpha value is -2.53. The number of halogens is 2. The van der Waals surface area contributed by atoms with E-state index in [4.69, 9.17) is 16.1 Å². The number of aryl methyl sites for hydroxylation is 2. The molecule has 0 radical (unpaired) electrons. The SMILES string of the molecule is CCc1onc(C)c1-c1ccnc(F)c1C(=O)c1ccc(Cl)cc1. The summed E-state index contributed by atoms with van der Waals surface area (Å²) in [4.78, 5) is 16.5. The monoisotopic (exact) mass is 344 g/mol. The minimum absolute atomic E-state index is 0.0965. The van der Waals surface area contributed by atoms with Crippen LogP contribution in [0.3, 0.4) is 0 Å². The van der Waals surface area contributed by atoms with Crippen molar-refractivity contribution in [1.29, 1.82) is 0 Å². The molecule has 0 N–H and O–H groups in total. The Bertz CT molecular complexity index is 904. The van der Waals surface area contributed by atoms with Gasteiger partial charge in [-0.1, -0.05) is 23.7 Å². The fourth-order valence-corrected chi connectivity index (χ4v) is 2.74. The van der Waals surface area contributed by atoms with Crippen LogP contribution >= 0.6 is 11.6 Å². The summed E-state index contributed by atoms with van der Waals surface area (Å²) in [5.74, 6) is -0.687. The van der Waals surface area contributed by atoms with Gasteiger partial charge in [0.25, 0.3) is 0 Å². The number of pyridine rings is 1. The highest BCUT2D eigenvalue weighted by atomic mass is 35.5. The van der Waals surface area contributed by atoms with E-state index < -0.39 is 11.7 Å². The third kappa shape index (κ3) is 2.83. The van der Waals surface area contributed by atoms with E-state index in [0.717, 1.165) is 0 Å². The summed E-state index contributed by atoms with van der Waals surface area (Å²) in [5.41, 5.74) is 1.90. The standard InChI is InChI=1S/C18H14ClFN2O2/c1-3-14-15(10(2)22-24-14)13-8-9-21-18(20)16(13)17(23)11-4-6-12(19)7-5-11/h4-9H,3H2,1-2H3. The third-order valence-electron chi connectivity index (χ3n) is 3.76. The molecule has 24 heavy (non-hydrogen) atoms. The molecule has 0 saturated heterocycles. The summed E-state index contributed by atoms with van der Waals surface area (Å²) < 4.78 is 19.7. The smallest absolute Gasteiger partial charge is 0.224 e. The number of hydrogen-bond donors (Lipinski definition) is 0. The lowest BCUT2D eigenvalue weighted by Crippen LogP contribution is -2.08. The van der Waals surface area contributed by atoms with E-state index in [9.17, 15) is 9.18 Å². The first-order chi connectivity index (χ1) is 11.5. The molecular formula is C18H14ClFN2O2. The van der Waals surface area contributed by atoms with Gasteiger partial charge in [-0.05, 0) is 37.3 Å². The number of nitrogens with zero attached hydrogens (tertiary/aromatic N) is 2. The predicted molar refractivity (Wildman–Crippen MR) is 88.7 cm³/mol. The van der Waals surface area contributed by atoms with Crippen molar-refractivity contribution in [1.82, 2.24) is 10.1 Å². The molecule has 0 atom stereocenters. The maximum absolute atomic E-state index is 14.4. The van der Waals surface area contributed by atoms with E-state index in [1.807, 2.05) is 6.92 Å². The van der Waals surface area contributed by atoms with Gasteiger partial charge in [-0.15, -0.1) is 0 Å². The van der Waals surface area contributed by atoms with Gasteiger partial charge in [0.2, 0.25) is 5.95 Å². The number of aromatic nitrogens is 2. The van der Waals surface area contributed by atoms with Gasteiger partial charge in [-0.25, -0.2) is 4.98 Å². The molecule has 0 bridgehead atoms. The summed E-state index contributed by atoms with van der Waals surface area (Å²) in [5, 5.41) is 4.43. The lowest BCUT2D eigenvalue weighted by atomic mass is 9.94. The van der Waals surface area contributed by atoms with Crippen molar-refractivity contribution in [2.45, 2.75) is 20.3 Å². The lowest BCUT2D eigenvalue weighted by molar-refractivity contribution is 0.103. The molecule has 3 rings (SSSR count). The van der Waals surface area contributed by atoms with Crippen molar-refractivity contribution in [2.75, 3.05) is 0 Å². The summed E-state index contributed by atoms with van der Waals surface area (Å²) >= 11 is 5.85. The normalized spacial score (nSPS) is 10.8. The number of carbonyl (C=O) groups is 1. The zero-order valence-electron chi connectivity index (χ0n) is 13.1. The van der Waals surface area contributed by atoms with E-state index in [0.29, 0.717) is 39.6 Å². The van der Waals surface area contributed by atoms with Crippen molar-refractivity contribution >= 4 is 17.4 Å². The van der Waals surface area contributed by atoms with Crippen LogP contribution < -0.4 is 0 Å². The maximum atomic E-state index is 14.4. The molecule has 122 valence electrons. The zero-order valence-corrected chi connectivity index (χ0v) is 13.9. The fraction of sp³-hybridized carbons (Fsp3) is 0.167. The van der Waals surface area contributed by atoms with Crippen LogP contribution in [0.1, 0.15) is 34.3 Å². The number of rotatable bonds is 4. The second-order valence-electron chi connectivity index (χ2n) is 5.28. The van der Waals surface area contributed by atoms with Crippen LogP contribution in [0.5, 0.6) is 0 Å². The van der Waals surface area contributed by atoms with Gasteiger partial charge in [-0.3, -0.25) is 4.79 Å². The number of hydrogen-bond acceptors (Lipinski definition) is 4. The Morgan fingerprint density at radius 3 is 2.62 bits per heavy atom. The maximum Gasteiger partial charge on any atom is 0.224 e. The van der Waals surface area contributed by atoms with Crippen molar-refractivity contribution in [3.05, 3.63) is 70.1 Å². The minimum atomic E-state index is -0.824. The average Bonchev–Trinajstić information content (AvgIpc) is 2.95. The van der Waals surface area contributed by atoms with Crippen LogP contribution in [0.15, 0.2) is 41.1 Å². The largest absolute Gasteiger partial charge is 0.360 e. The van der Waals surface area contributed by atoms with Crippen molar-refractivity contribution in [3.8, 4) is 11.1 Å². The molecule has 0 amide bonds. The van der Waals surface area contributed by atoms with E-state index in [-0.39, 0.29) is 5.56 Å². The Labute approximate surface area is 143 Å². The van der Waals surface area contributed by atoms with Gasteiger partial charge in [0.1, 0.15) is 5.76 Å². The minimum Gasteiger partial charge on any atom is -0.360 e. The fourth-order valence-electron chi connectivity index (χ4n) is 2.61. The third-order valence-corrected chi connectivity index (χ3v) is 4.01. The lowest BCUT2D eigenvalue weighted by Gasteiger charge is -2.10. The number of ketones is 1. The predicted octanol–water partition coefficient (Wildman–Crippen LogP) is 4.63. The van der Waals surface area contributed by atoms with E-state index in [1.165, 1.54) is 6.20 Å². The molecule has 2 aromatic heterocycles. The van der Waals surface area contributed by atoms with Gasteiger partial charge in [0, 0.05) is 34.3 Å². The Morgan fingerprint density at radius 2 is 1.96 bits per heavy atom. The molecule has 6 heteroatoms. The first kappa shape index (κ1) is 16.3. The molecule has 0 aliphatic rings. The topological polar surface area (TPSA) is 56.0 Å². The van der Waals surface area contributed by atoms with Crippen LogP contribution in [-0.4, -0.2) is 15.9 Å². The molecular weight excluding hydrogens is 331 g/mol. The second kappa shape index (κ2) is 6.53. The molecule has 0 unspecified atom stereocenters. The molecule has 4 nitrogen and oxygen atoms in total. The quantitative estimate of drug-likeness (QED) is 0.511. The van der Waals surface area contributed by atoms with Gasteiger partial charge in [0.05, 0.1) is 11.3 Å². The van der Waals surface area contributed by atoms with Crippen LogP contribution in [-0.2, 0) is 6.42 Å². The molecule has 0 aliphatic heterocycles. The van der Waals surface area contributed by atoms with Crippen LogP contribution in [0, 0.1) is 12.9 Å². The first-order valence-corrected chi connectivity index (χ1v) is 7.81. The number of benzene rings is 1. The molecule has 2 heterocycles. The Morgan fingerprint density at radius 1 is 1.25 bits per heavy atom. The molecule has 1 aromatic carbocycles. The molecule has 0 saturated carbocycles. The summed E-state index contributed by atoms with van der Waals surface area (Å²) in [6.07, 6.45) is 1.91. The average molecular weight is 345 g/mol. The zero-order chi connectivity index (χ0) is 17.3. The van der Waals surface area contributed by atoms with Gasteiger partial charge in [0.15, 0.2) is 5.78 Å². The highest BCUT2D eigenvalue weighted by Crippen LogP contribution is 2.32. The molecule has 0 aliphatic carbocycles. The van der Waals surface area contributed by atoms with Crippen molar-refractivity contribution in [3.63, 3.8) is 0 Å². The van der Waals surface area contributed by atoms with E-state index >= 15 is 0 Å². The summed E-state index contributed by atoms with van der Waals surface area (Å²) in [7, 11) is 0. The van der Waals surface area contributed by atoms with Crippen molar-refractivity contribution < 1.29 is 13.7 Å². The Balaban J connectivity index is 2.20. The van der Waals surface area contributed by atoms with Crippen LogP contribution in [0.25, 0.3) is 11.1 Å². The van der Waals surface area contributed by atoms with Gasteiger partial charge < -0.3 is 4.52 Å². The Kier molecular flexibility index (Phi) is 4.44. The summed E-state index contributed by atoms with van der Waals surface area (Å²) in [6, 6.07) is 7.89. The molecule has 3 aromatic rings. The highest BCUT2D eigenvalue weighted by molar-refractivity contribution is 6.30. The van der Waals surface area contributed by atoms with Gasteiger partial charge in [-0.2, -0.15) is 4.39 Å². The van der Waals surface area contributed by atoms with Crippen LogP contribution in [0.4, 0.5) is 4.39 Å². The summed E-state index contributed by atoms with van der Waals surface area (Å²) in [6.45, 7) is 3.66. The second-order valence-corrected chi connectivity index (χ2v) is 5.72. The first-order valence-electron chi connectivity index (χ1n) is 7.43. The number of carbonyl (C=O) groups excluding carboxylic acids is 1. The van der Waals surface area contributed by atoms with Crippen molar-refractivity contribution in [2.24, 2.45) is 0 Å². The van der Waals surface area contributed by atoms with E-state index in [2.05, 4.69) is 10.1 Å². The molecule has 0 fully saturated rings. The van der Waals surface area contributed by atoms with E-state index in [1.54, 1.807) is 37.3 Å². The molecule has 0 spiro atoms. The van der Waals surface area contributed by atoms with Crippen LogP contribution in [0.2, 0.25) is 5.02 Å². The highest BCUT2D eigenvalue weighted by Gasteiger charge is 2.24. The van der Waals surface area contributed by atoms with Gasteiger partial charge >= 0.3 is 0 Å².